The molecule has 7 heteroatoms. The average molecular weight is 280 g/mol. The molecule has 0 aromatic heterocycles. The Hall–Kier alpha value is -1.40. The van der Waals surface area contributed by atoms with Gasteiger partial charge in [-0.15, -0.1) is 0 Å². The third kappa shape index (κ3) is 2.88. The Labute approximate surface area is 107 Å². The van der Waals surface area contributed by atoms with Crippen LogP contribution in [0.4, 0.5) is 8.78 Å². The van der Waals surface area contributed by atoms with Gasteiger partial charge in [0.2, 0.25) is 0 Å². The second-order valence-corrected chi connectivity index (χ2v) is 3.96. The van der Waals surface area contributed by atoms with Gasteiger partial charge in [0.05, 0.1) is 6.61 Å². The van der Waals surface area contributed by atoms with Crippen LogP contribution in [-0.2, 0) is 9.53 Å². The lowest BCUT2D eigenvalue weighted by atomic mass is 10.0. The highest BCUT2D eigenvalue weighted by Crippen LogP contribution is 2.36. The van der Waals surface area contributed by atoms with Crippen molar-refractivity contribution < 1.29 is 23.4 Å². The molecular weight excluding hydrogens is 268 g/mol. The lowest BCUT2D eigenvalue weighted by Gasteiger charge is -2.22. The molecule has 1 atom stereocenters. The standard InChI is InChI=1S/C11H12ClF2NO3/c1-2-18-10(17)11(13,14)9(15)7-5-6(12)3-4-8(7)16/h3-5,9,16H,2,15H2,1H3/t9-/m1/s1. The van der Waals surface area contributed by atoms with Gasteiger partial charge >= 0.3 is 11.9 Å². The molecule has 0 heterocycles. The summed E-state index contributed by atoms with van der Waals surface area (Å²) in [6.45, 7) is 1.21. The van der Waals surface area contributed by atoms with Crippen LogP contribution in [-0.4, -0.2) is 23.6 Å². The number of phenolic OH excluding ortho intramolecular Hbond substituents is 1. The number of alkyl halides is 2. The van der Waals surface area contributed by atoms with Crippen molar-refractivity contribution in [3.63, 3.8) is 0 Å². The number of carbonyl (C=O) groups is 1. The number of benzene rings is 1. The Bertz CT molecular complexity index is 454. The second-order valence-electron chi connectivity index (χ2n) is 3.52. The van der Waals surface area contributed by atoms with Crippen molar-refractivity contribution in [1.82, 2.24) is 0 Å². The Morgan fingerprint density at radius 2 is 2.22 bits per heavy atom. The Morgan fingerprint density at radius 3 is 2.78 bits per heavy atom. The van der Waals surface area contributed by atoms with Crippen LogP contribution in [0.2, 0.25) is 5.02 Å². The first kappa shape index (κ1) is 14.7. The summed E-state index contributed by atoms with van der Waals surface area (Å²) < 4.78 is 31.5. The lowest BCUT2D eigenvalue weighted by molar-refractivity contribution is -0.174. The number of ether oxygens (including phenoxy) is 1. The van der Waals surface area contributed by atoms with E-state index >= 15 is 0 Å². The van der Waals surface area contributed by atoms with E-state index in [0.29, 0.717) is 0 Å². The molecule has 0 saturated heterocycles. The first-order chi connectivity index (χ1) is 8.30. The molecule has 4 nitrogen and oxygen atoms in total. The average Bonchev–Trinajstić information content (AvgIpc) is 2.31. The third-order valence-electron chi connectivity index (χ3n) is 2.26. The van der Waals surface area contributed by atoms with Gasteiger partial charge in [-0.3, -0.25) is 0 Å². The normalized spacial score (nSPS) is 13.2. The molecule has 18 heavy (non-hydrogen) atoms. The fourth-order valence-electron chi connectivity index (χ4n) is 1.32. The highest BCUT2D eigenvalue weighted by molar-refractivity contribution is 6.30. The first-order valence-electron chi connectivity index (χ1n) is 5.09. The summed E-state index contributed by atoms with van der Waals surface area (Å²) in [5.41, 5.74) is 4.99. The van der Waals surface area contributed by atoms with E-state index in [-0.39, 0.29) is 17.2 Å². The van der Waals surface area contributed by atoms with E-state index in [0.717, 1.165) is 12.1 Å². The molecule has 3 N–H and O–H groups in total. The maximum Gasteiger partial charge on any atom is 0.379 e. The number of hydrogen-bond acceptors (Lipinski definition) is 4. The molecule has 100 valence electrons. The number of phenols is 1. The summed E-state index contributed by atoms with van der Waals surface area (Å²) in [6.07, 6.45) is 0. The third-order valence-corrected chi connectivity index (χ3v) is 2.50. The molecule has 0 aliphatic carbocycles. The van der Waals surface area contributed by atoms with E-state index in [2.05, 4.69) is 4.74 Å². The highest BCUT2D eigenvalue weighted by Gasteiger charge is 2.48. The zero-order chi connectivity index (χ0) is 13.9. The van der Waals surface area contributed by atoms with Crippen molar-refractivity contribution in [2.24, 2.45) is 5.73 Å². The van der Waals surface area contributed by atoms with Crippen LogP contribution in [0.5, 0.6) is 5.75 Å². The van der Waals surface area contributed by atoms with E-state index in [1.165, 1.54) is 13.0 Å². The smallest absolute Gasteiger partial charge is 0.379 e. The summed E-state index contributed by atoms with van der Waals surface area (Å²) in [5.74, 6) is -6.15. The van der Waals surface area contributed by atoms with Crippen molar-refractivity contribution >= 4 is 17.6 Å². The summed E-state index contributed by atoms with van der Waals surface area (Å²) in [6, 6.07) is 1.48. The fraction of sp³-hybridized carbons (Fsp3) is 0.364. The first-order valence-corrected chi connectivity index (χ1v) is 5.47. The van der Waals surface area contributed by atoms with Crippen molar-refractivity contribution in [1.29, 1.82) is 0 Å². The number of hydrogen-bond donors (Lipinski definition) is 2. The predicted octanol–water partition coefficient (Wildman–Crippen LogP) is 2.24. The van der Waals surface area contributed by atoms with E-state index < -0.39 is 23.7 Å². The number of esters is 1. The van der Waals surface area contributed by atoms with Gasteiger partial charge < -0.3 is 15.6 Å². The maximum absolute atomic E-state index is 13.6. The van der Waals surface area contributed by atoms with Crippen LogP contribution in [0.1, 0.15) is 18.5 Å². The molecule has 0 fully saturated rings. The minimum Gasteiger partial charge on any atom is -0.508 e. The van der Waals surface area contributed by atoms with Gasteiger partial charge in [0.15, 0.2) is 0 Å². The Morgan fingerprint density at radius 1 is 1.61 bits per heavy atom. The van der Waals surface area contributed by atoms with E-state index in [1.54, 1.807) is 0 Å². The molecule has 0 aliphatic heterocycles. The molecule has 0 spiro atoms. The van der Waals surface area contributed by atoms with Gasteiger partial charge in [0, 0.05) is 10.6 Å². The maximum atomic E-state index is 13.6. The Kier molecular flexibility index (Phi) is 4.48. The summed E-state index contributed by atoms with van der Waals surface area (Å²) in [4.78, 5) is 11.1. The van der Waals surface area contributed by atoms with Gasteiger partial charge in [-0.25, -0.2) is 4.79 Å². The van der Waals surface area contributed by atoms with Gasteiger partial charge in [0.1, 0.15) is 11.8 Å². The molecule has 0 bridgehead atoms. The van der Waals surface area contributed by atoms with E-state index in [1.807, 2.05) is 0 Å². The van der Waals surface area contributed by atoms with Crippen LogP contribution in [0, 0.1) is 0 Å². The van der Waals surface area contributed by atoms with Crippen LogP contribution < -0.4 is 5.73 Å². The van der Waals surface area contributed by atoms with E-state index in [4.69, 9.17) is 17.3 Å². The molecule has 0 unspecified atom stereocenters. The van der Waals surface area contributed by atoms with E-state index in [9.17, 15) is 18.7 Å². The molecule has 0 radical (unpaired) electrons. The molecule has 1 aromatic rings. The monoisotopic (exact) mass is 279 g/mol. The molecule has 1 rings (SSSR count). The van der Waals surface area contributed by atoms with Gasteiger partial charge in [-0.05, 0) is 25.1 Å². The zero-order valence-electron chi connectivity index (χ0n) is 9.49. The number of halogens is 3. The van der Waals surface area contributed by atoms with Crippen molar-refractivity contribution in [3.8, 4) is 5.75 Å². The molecule has 0 amide bonds. The number of carbonyl (C=O) groups excluding carboxylic acids is 1. The number of aromatic hydroxyl groups is 1. The number of rotatable bonds is 4. The van der Waals surface area contributed by atoms with Crippen LogP contribution >= 0.6 is 11.6 Å². The Balaban J connectivity index is 3.08. The predicted molar refractivity (Wildman–Crippen MR) is 61.6 cm³/mol. The molecule has 0 aliphatic rings. The van der Waals surface area contributed by atoms with Crippen molar-refractivity contribution in [2.75, 3.05) is 6.61 Å². The van der Waals surface area contributed by atoms with Crippen molar-refractivity contribution in [3.05, 3.63) is 28.8 Å². The minimum atomic E-state index is -3.95. The van der Waals surface area contributed by atoms with Crippen LogP contribution in [0.3, 0.4) is 0 Å². The second kappa shape index (κ2) is 5.49. The number of nitrogens with two attached hydrogens (primary N) is 1. The lowest BCUT2D eigenvalue weighted by Crippen LogP contribution is -2.41. The highest BCUT2D eigenvalue weighted by atomic mass is 35.5. The summed E-state index contributed by atoms with van der Waals surface area (Å²) >= 11 is 5.62. The molecule has 0 saturated carbocycles. The SMILES string of the molecule is CCOC(=O)C(F)(F)[C@H](N)c1cc(Cl)ccc1O. The largest absolute Gasteiger partial charge is 0.508 e. The minimum absolute atomic E-state index is 0.123. The van der Waals surface area contributed by atoms with Gasteiger partial charge in [-0.2, -0.15) is 8.78 Å². The topological polar surface area (TPSA) is 72.5 Å². The quantitative estimate of drug-likeness (QED) is 0.829. The van der Waals surface area contributed by atoms with Crippen molar-refractivity contribution in [2.45, 2.75) is 18.9 Å². The summed E-state index contributed by atoms with van der Waals surface area (Å²) in [5, 5.41) is 9.58. The van der Waals surface area contributed by atoms with Crippen LogP contribution in [0.25, 0.3) is 0 Å². The summed E-state index contributed by atoms with van der Waals surface area (Å²) in [7, 11) is 0. The van der Waals surface area contributed by atoms with Gasteiger partial charge in [-0.1, -0.05) is 11.6 Å². The van der Waals surface area contributed by atoms with Gasteiger partial charge in [0.25, 0.3) is 0 Å². The zero-order valence-corrected chi connectivity index (χ0v) is 10.2. The molecular formula is C11H12ClF2NO3. The molecule has 1 aromatic carbocycles. The van der Waals surface area contributed by atoms with Crippen LogP contribution in [0.15, 0.2) is 18.2 Å². The fourth-order valence-corrected chi connectivity index (χ4v) is 1.50.